The van der Waals surface area contributed by atoms with Crippen LogP contribution in [-0.2, 0) is 11.8 Å². The van der Waals surface area contributed by atoms with Crippen molar-refractivity contribution in [2.24, 2.45) is 11.8 Å². The van der Waals surface area contributed by atoms with Gasteiger partial charge in [0.05, 0.1) is 17.1 Å². The fourth-order valence-corrected chi connectivity index (χ4v) is 4.37. The molecule has 0 heterocycles. The summed E-state index contributed by atoms with van der Waals surface area (Å²) in [6.45, 7) is 11.3. The van der Waals surface area contributed by atoms with Crippen LogP contribution in [0.25, 0.3) is 0 Å². The number of aliphatic hydroxyl groups is 1. The van der Waals surface area contributed by atoms with E-state index >= 15 is 0 Å². The summed E-state index contributed by atoms with van der Waals surface area (Å²) in [5.41, 5.74) is 1.16. The zero-order chi connectivity index (χ0) is 26.8. The minimum absolute atomic E-state index is 0.216. The summed E-state index contributed by atoms with van der Waals surface area (Å²) < 4.78 is 0. The van der Waals surface area contributed by atoms with E-state index in [0.29, 0.717) is 18.4 Å². The number of nitriles is 1. The Bertz CT molecular complexity index is 903. The number of rotatable bonds is 10. The van der Waals surface area contributed by atoms with Gasteiger partial charge < -0.3 is 14.9 Å². The first-order chi connectivity index (χ1) is 16.2. The molecule has 4 nitrogen and oxygen atoms in total. The molecule has 2 aromatic carbocycles. The highest BCUT2D eigenvalue weighted by Crippen LogP contribution is 2.37. The molecule has 0 amide bonds. The molecular formula is C30H46ClN3O. The van der Waals surface area contributed by atoms with Crippen LogP contribution < -0.4 is 0 Å². The first-order valence-electron chi connectivity index (χ1n) is 12.5. The van der Waals surface area contributed by atoms with Gasteiger partial charge in [0.25, 0.3) is 0 Å². The minimum atomic E-state index is -0.696. The monoisotopic (exact) mass is 499 g/mol. The lowest BCUT2D eigenvalue weighted by Gasteiger charge is -2.35. The quantitative estimate of drug-likeness (QED) is 0.418. The fourth-order valence-electron chi connectivity index (χ4n) is 4.24. The first kappa shape index (κ1) is 31.1. The Balaban J connectivity index is 0.000000351. The molecule has 0 fully saturated rings. The molecule has 194 valence electrons. The summed E-state index contributed by atoms with van der Waals surface area (Å²) in [6, 6.07) is 20.8. The van der Waals surface area contributed by atoms with Crippen LogP contribution in [0.15, 0.2) is 54.6 Å². The van der Waals surface area contributed by atoms with Crippen LogP contribution in [0, 0.1) is 23.2 Å². The van der Waals surface area contributed by atoms with Gasteiger partial charge in [-0.2, -0.15) is 5.26 Å². The summed E-state index contributed by atoms with van der Waals surface area (Å²) >= 11 is 5.85. The average Bonchev–Trinajstić information content (AvgIpc) is 2.79. The lowest BCUT2D eigenvalue weighted by Crippen LogP contribution is -2.40. The van der Waals surface area contributed by atoms with Crippen molar-refractivity contribution >= 4 is 11.6 Å². The highest BCUT2D eigenvalue weighted by Gasteiger charge is 2.37. The van der Waals surface area contributed by atoms with E-state index in [9.17, 15) is 10.4 Å². The summed E-state index contributed by atoms with van der Waals surface area (Å²) in [5.74, 6) is 0.514. The van der Waals surface area contributed by atoms with Crippen LogP contribution in [0.4, 0.5) is 0 Å². The maximum Gasteiger partial charge on any atom is 0.0859 e. The average molecular weight is 500 g/mol. The molecule has 5 heteroatoms. The number of hydrogen-bond acceptors (Lipinski definition) is 4. The van der Waals surface area contributed by atoms with Crippen molar-refractivity contribution in [1.82, 2.24) is 9.80 Å². The number of hydrogen-bond donors (Lipinski definition) is 1. The summed E-state index contributed by atoms with van der Waals surface area (Å²) in [5, 5.41) is 21.0. The van der Waals surface area contributed by atoms with Gasteiger partial charge in [0, 0.05) is 24.0 Å². The van der Waals surface area contributed by atoms with Crippen LogP contribution in [0.5, 0.6) is 0 Å². The Labute approximate surface area is 219 Å². The van der Waals surface area contributed by atoms with Crippen LogP contribution in [0.1, 0.15) is 52.2 Å². The maximum atomic E-state index is 10.5. The van der Waals surface area contributed by atoms with E-state index in [1.54, 1.807) is 0 Å². The van der Waals surface area contributed by atoms with E-state index in [-0.39, 0.29) is 5.92 Å². The first-order valence-corrected chi connectivity index (χ1v) is 12.9. The second-order valence-corrected chi connectivity index (χ2v) is 11.4. The molecule has 0 aliphatic heterocycles. The topological polar surface area (TPSA) is 50.5 Å². The Hall–Kier alpha value is -1.90. The SMILES string of the molecule is CC(CC(C#N)(c1ccccc1)C(C)C)N(C)C.CC(CN(C)C)C(C)(O)Cc1ccc(Cl)cc1. The van der Waals surface area contributed by atoms with E-state index in [1.807, 2.05) is 63.5 Å². The third-order valence-electron chi connectivity index (χ3n) is 7.15. The van der Waals surface area contributed by atoms with Crippen molar-refractivity contribution in [1.29, 1.82) is 5.26 Å². The zero-order valence-electron chi connectivity index (χ0n) is 23.2. The van der Waals surface area contributed by atoms with Crippen molar-refractivity contribution in [3.05, 3.63) is 70.7 Å². The van der Waals surface area contributed by atoms with Crippen LogP contribution >= 0.6 is 11.6 Å². The smallest absolute Gasteiger partial charge is 0.0859 e. The number of nitrogens with zero attached hydrogens (tertiary/aromatic N) is 3. The van der Waals surface area contributed by atoms with Crippen molar-refractivity contribution in [3.63, 3.8) is 0 Å². The predicted octanol–water partition coefficient (Wildman–Crippen LogP) is 6.28. The second kappa shape index (κ2) is 14.0. The van der Waals surface area contributed by atoms with Crippen LogP contribution in [0.3, 0.4) is 0 Å². The van der Waals surface area contributed by atoms with Gasteiger partial charge in [0.2, 0.25) is 0 Å². The Morgan fingerprint density at radius 3 is 1.91 bits per heavy atom. The van der Waals surface area contributed by atoms with Gasteiger partial charge in [0.15, 0.2) is 0 Å². The van der Waals surface area contributed by atoms with Crippen molar-refractivity contribution < 1.29 is 5.11 Å². The van der Waals surface area contributed by atoms with Gasteiger partial charge in [-0.3, -0.25) is 0 Å². The van der Waals surface area contributed by atoms with E-state index in [1.165, 1.54) is 0 Å². The van der Waals surface area contributed by atoms with Gasteiger partial charge in [-0.25, -0.2) is 0 Å². The maximum absolute atomic E-state index is 10.5. The molecule has 4 atom stereocenters. The fraction of sp³-hybridized carbons (Fsp3) is 0.567. The lowest BCUT2D eigenvalue weighted by molar-refractivity contribution is -0.00259. The van der Waals surface area contributed by atoms with E-state index in [0.717, 1.165) is 29.1 Å². The van der Waals surface area contributed by atoms with E-state index < -0.39 is 11.0 Å². The molecule has 0 aliphatic rings. The highest BCUT2D eigenvalue weighted by molar-refractivity contribution is 6.30. The van der Waals surface area contributed by atoms with Gasteiger partial charge in [-0.05, 0) is 83.6 Å². The van der Waals surface area contributed by atoms with Gasteiger partial charge in [-0.15, -0.1) is 0 Å². The molecule has 0 aromatic heterocycles. The molecule has 0 bridgehead atoms. The summed E-state index contributed by atoms with van der Waals surface area (Å²) in [7, 11) is 8.18. The van der Waals surface area contributed by atoms with Crippen molar-refractivity contribution in [3.8, 4) is 6.07 Å². The Kier molecular flexibility index (Phi) is 12.4. The van der Waals surface area contributed by atoms with Crippen LogP contribution in [-0.4, -0.2) is 61.3 Å². The predicted molar refractivity (Wildman–Crippen MR) is 150 cm³/mol. The van der Waals surface area contributed by atoms with Crippen molar-refractivity contribution in [2.75, 3.05) is 34.7 Å². The molecule has 0 saturated heterocycles. The third-order valence-corrected chi connectivity index (χ3v) is 7.40. The third kappa shape index (κ3) is 9.58. The highest BCUT2D eigenvalue weighted by atomic mass is 35.5. The number of halogens is 1. The normalized spacial score (nSPS) is 16.6. The summed E-state index contributed by atoms with van der Waals surface area (Å²) in [4.78, 5) is 4.28. The van der Waals surface area contributed by atoms with E-state index in [2.05, 4.69) is 69.8 Å². The standard InChI is InChI=1S/C16H24N2.C14H22ClNO/c1-13(2)16(12-17,11-14(3)18(4)5)15-9-7-6-8-10-15;1-11(10-16(3)4)14(2,17)9-12-5-7-13(15)8-6-12/h6-10,13-14H,11H2,1-5H3;5-8,11,17H,9-10H2,1-4H3. The van der Waals surface area contributed by atoms with Gasteiger partial charge in [0.1, 0.15) is 0 Å². The Morgan fingerprint density at radius 2 is 1.49 bits per heavy atom. The van der Waals surface area contributed by atoms with Crippen LogP contribution in [0.2, 0.25) is 5.02 Å². The minimum Gasteiger partial charge on any atom is -0.390 e. The zero-order valence-corrected chi connectivity index (χ0v) is 24.0. The Morgan fingerprint density at radius 1 is 0.943 bits per heavy atom. The molecule has 1 N–H and O–H groups in total. The van der Waals surface area contributed by atoms with E-state index in [4.69, 9.17) is 11.6 Å². The molecule has 2 aromatic rings. The van der Waals surface area contributed by atoms with Crippen molar-refractivity contribution in [2.45, 2.75) is 64.5 Å². The molecule has 0 radical (unpaired) electrons. The van der Waals surface area contributed by atoms with Gasteiger partial charge >= 0.3 is 0 Å². The molecular weight excluding hydrogens is 454 g/mol. The molecule has 0 aliphatic carbocycles. The largest absolute Gasteiger partial charge is 0.390 e. The molecule has 0 saturated carbocycles. The molecule has 4 unspecified atom stereocenters. The summed E-state index contributed by atoms with van der Waals surface area (Å²) in [6.07, 6.45) is 1.51. The van der Waals surface area contributed by atoms with Gasteiger partial charge in [-0.1, -0.05) is 74.8 Å². The molecule has 35 heavy (non-hydrogen) atoms. The second-order valence-electron chi connectivity index (χ2n) is 10.9. The lowest BCUT2D eigenvalue weighted by atomic mass is 9.69. The molecule has 0 spiro atoms. The molecule has 2 rings (SSSR count). The number of benzene rings is 2.